The van der Waals surface area contributed by atoms with Gasteiger partial charge < -0.3 is 23.9 Å². The molecule has 1 aromatic carbocycles. The number of carbonyl (C=O) groups excluding carboxylic acids is 1. The lowest BCUT2D eigenvalue weighted by molar-refractivity contribution is 0.0492. The second-order valence-electron chi connectivity index (χ2n) is 9.34. The van der Waals surface area contributed by atoms with Gasteiger partial charge in [0.15, 0.2) is 11.6 Å². The highest BCUT2D eigenvalue weighted by Crippen LogP contribution is 2.48. The number of fused-ring (bicyclic) bond motifs is 1. The molecule has 12 heteroatoms. The normalized spacial score (nSPS) is 17.6. The first-order valence-electron chi connectivity index (χ1n) is 11.0. The van der Waals surface area contributed by atoms with Gasteiger partial charge in [0, 0.05) is 12.0 Å². The summed E-state index contributed by atoms with van der Waals surface area (Å²) in [6.45, 7) is 6.84. The van der Waals surface area contributed by atoms with Gasteiger partial charge in [-0.2, -0.15) is 4.98 Å². The SMILES string of the molecule is C[C@@H](COc1ncc2nc(-c3ccc(OC[C@H]4CC4(F)F)c(F)c3)oc2n1)NC(=O)OC(C)(C)C. The van der Waals surface area contributed by atoms with Crippen molar-refractivity contribution in [1.29, 1.82) is 0 Å². The van der Waals surface area contributed by atoms with Crippen LogP contribution in [0.5, 0.6) is 11.8 Å². The number of amides is 1. The lowest BCUT2D eigenvalue weighted by Gasteiger charge is -2.21. The van der Waals surface area contributed by atoms with E-state index in [1.807, 2.05) is 0 Å². The van der Waals surface area contributed by atoms with Crippen molar-refractivity contribution < 1.29 is 36.6 Å². The number of nitrogens with zero attached hydrogens (tertiary/aromatic N) is 3. The molecular weight excluding hydrogens is 469 g/mol. The number of oxazole rings is 1. The Hall–Kier alpha value is -3.57. The van der Waals surface area contributed by atoms with Crippen molar-refractivity contribution in [3.63, 3.8) is 0 Å². The van der Waals surface area contributed by atoms with Crippen LogP contribution in [0, 0.1) is 11.7 Å². The number of rotatable bonds is 8. The van der Waals surface area contributed by atoms with Gasteiger partial charge in [0.05, 0.1) is 24.8 Å². The zero-order valence-electron chi connectivity index (χ0n) is 19.6. The van der Waals surface area contributed by atoms with E-state index in [1.54, 1.807) is 27.7 Å². The van der Waals surface area contributed by atoms with Crippen LogP contribution >= 0.6 is 0 Å². The van der Waals surface area contributed by atoms with Crippen LogP contribution < -0.4 is 14.8 Å². The molecule has 4 rings (SSSR count). The van der Waals surface area contributed by atoms with Crippen molar-refractivity contribution in [3.05, 3.63) is 30.2 Å². The van der Waals surface area contributed by atoms with Gasteiger partial charge >= 0.3 is 12.1 Å². The number of benzene rings is 1. The van der Waals surface area contributed by atoms with E-state index >= 15 is 0 Å². The molecule has 1 amide bonds. The smallest absolute Gasteiger partial charge is 0.407 e. The molecule has 0 unspecified atom stereocenters. The first-order valence-corrected chi connectivity index (χ1v) is 11.0. The summed E-state index contributed by atoms with van der Waals surface area (Å²) in [7, 11) is 0. The Labute approximate surface area is 199 Å². The summed E-state index contributed by atoms with van der Waals surface area (Å²) in [6.07, 6.45) is 0.570. The number of alkyl carbamates (subject to hydrolysis) is 1. The molecule has 2 heterocycles. The quantitative estimate of drug-likeness (QED) is 0.478. The fraction of sp³-hybridized carbons (Fsp3) is 0.478. The lowest BCUT2D eigenvalue weighted by Crippen LogP contribution is -2.40. The minimum atomic E-state index is -2.73. The molecule has 1 aliphatic rings. The number of alkyl halides is 2. The van der Waals surface area contributed by atoms with Gasteiger partial charge in [-0.15, -0.1) is 0 Å². The van der Waals surface area contributed by atoms with Gasteiger partial charge in [0.25, 0.3) is 11.6 Å². The molecule has 0 bridgehead atoms. The average Bonchev–Trinajstić information content (AvgIpc) is 3.15. The van der Waals surface area contributed by atoms with Gasteiger partial charge in [-0.3, -0.25) is 0 Å². The summed E-state index contributed by atoms with van der Waals surface area (Å²) in [5.41, 5.74) is 0.133. The second-order valence-corrected chi connectivity index (χ2v) is 9.34. The first kappa shape index (κ1) is 24.6. The van der Waals surface area contributed by atoms with Crippen LogP contribution in [0.1, 0.15) is 34.1 Å². The summed E-state index contributed by atoms with van der Waals surface area (Å²) >= 11 is 0. The highest BCUT2D eigenvalue weighted by Gasteiger charge is 2.57. The van der Waals surface area contributed by atoms with E-state index in [2.05, 4.69) is 20.3 Å². The summed E-state index contributed by atoms with van der Waals surface area (Å²) in [4.78, 5) is 24.3. The van der Waals surface area contributed by atoms with E-state index in [1.165, 1.54) is 18.3 Å². The number of halogens is 3. The highest BCUT2D eigenvalue weighted by atomic mass is 19.3. The average molecular weight is 494 g/mol. The molecule has 1 fully saturated rings. The van der Waals surface area contributed by atoms with E-state index in [4.69, 9.17) is 18.6 Å². The maximum atomic E-state index is 14.4. The first-order chi connectivity index (χ1) is 16.4. The maximum Gasteiger partial charge on any atom is 0.407 e. The van der Waals surface area contributed by atoms with Gasteiger partial charge in [0.1, 0.15) is 17.7 Å². The number of nitrogens with one attached hydrogen (secondary N) is 1. The van der Waals surface area contributed by atoms with E-state index < -0.39 is 29.4 Å². The molecule has 2 atom stereocenters. The minimum Gasteiger partial charge on any atom is -0.490 e. The minimum absolute atomic E-state index is 0.00449. The number of hydrogen-bond acceptors (Lipinski definition) is 8. The van der Waals surface area contributed by atoms with Crippen LogP contribution in [0.15, 0.2) is 28.8 Å². The number of hydrogen-bond donors (Lipinski definition) is 1. The molecular formula is C23H25F3N4O5. The van der Waals surface area contributed by atoms with Crippen molar-refractivity contribution >= 4 is 17.3 Å². The largest absolute Gasteiger partial charge is 0.490 e. The zero-order valence-corrected chi connectivity index (χ0v) is 19.6. The third kappa shape index (κ3) is 6.31. The summed E-state index contributed by atoms with van der Waals surface area (Å²) in [6, 6.07) is 3.59. The molecule has 0 radical (unpaired) electrons. The molecule has 2 aromatic heterocycles. The monoisotopic (exact) mass is 494 g/mol. The molecule has 0 spiro atoms. The predicted octanol–water partition coefficient (Wildman–Crippen LogP) is 4.75. The third-order valence-corrected chi connectivity index (χ3v) is 4.93. The van der Waals surface area contributed by atoms with Crippen LogP contribution in [0.25, 0.3) is 22.7 Å². The van der Waals surface area contributed by atoms with Crippen molar-refractivity contribution in [2.45, 2.75) is 51.7 Å². The molecule has 1 N–H and O–H groups in total. The number of carbonyl (C=O) groups is 1. The standard InChI is InChI=1S/C23H25F3N4O5/c1-12(28-21(31)35-22(2,3)4)10-33-20-27-9-16-19(30-20)34-18(29-16)13-5-6-17(15(24)7-13)32-11-14-8-23(14,25)26/h5-7,9,12,14H,8,10-11H2,1-4H3,(H,28,31)/t12-,14+/m0/s1. The third-order valence-electron chi connectivity index (χ3n) is 4.93. The molecule has 9 nitrogen and oxygen atoms in total. The molecule has 35 heavy (non-hydrogen) atoms. The molecule has 188 valence electrons. The fourth-order valence-corrected chi connectivity index (χ4v) is 3.05. The Kier molecular flexibility index (Phi) is 6.48. The highest BCUT2D eigenvalue weighted by molar-refractivity contribution is 5.72. The Morgan fingerprint density at radius 2 is 2.03 bits per heavy atom. The van der Waals surface area contributed by atoms with Gasteiger partial charge in [0.2, 0.25) is 5.89 Å². The van der Waals surface area contributed by atoms with Crippen LogP contribution in [0.3, 0.4) is 0 Å². The molecule has 1 saturated carbocycles. The van der Waals surface area contributed by atoms with Crippen LogP contribution in [0.2, 0.25) is 0 Å². The number of aromatic nitrogens is 3. The second kappa shape index (κ2) is 9.23. The van der Waals surface area contributed by atoms with E-state index in [9.17, 15) is 18.0 Å². The molecule has 0 saturated heterocycles. The molecule has 0 aliphatic heterocycles. The van der Waals surface area contributed by atoms with Crippen molar-refractivity contribution in [1.82, 2.24) is 20.3 Å². The van der Waals surface area contributed by atoms with Crippen molar-refractivity contribution in [2.24, 2.45) is 5.92 Å². The van der Waals surface area contributed by atoms with E-state index in [0.717, 1.165) is 6.07 Å². The summed E-state index contributed by atoms with van der Waals surface area (Å²) in [5.74, 6) is -4.38. The Morgan fingerprint density at radius 3 is 2.69 bits per heavy atom. The van der Waals surface area contributed by atoms with E-state index in [-0.39, 0.29) is 49.0 Å². The summed E-state index contributed by atoms with van der Waals surface area (Å²) in [5, 5.41) is 2.64. The number of ether oxygens (including phenoxy) is 3. The van der Waals surface area contributed by atoms with Gasteiger partial charge in [-0.25, -0.2) is 27.9 Å². The van der Waals surface area contributed by atoms with Gasteiger partial charge in [-0.1, -0.05) is 0 Å². The van der Waals surface area contributed by atoms with Crippen LogP contribution in [-0.2, 0) is 4.74 Å². The zero-order chi connectivity index (χ0) is 25.4. The Balaban J connectivity index is 1.37. The lowest BCUT2D eigenvalue weighted by atomic mass is 10.2. The van der Waals surface area contributed by atoms with Crippen molar-refractivity contribution in [3.8, 4) is 23.2 Å². The Morgan fingerprint density at radius 1 is 1.29 bits per heavy atom. The topological polar surface area (TPSA) is 109 Å². The van der Waals surface area contributed by atoms with Crippen LogP contribution in [-0.4, -0.2) is 51.8 Å². The Bertz CT molecular complexity index is 1230. The summed E-state index contributed by atoms with van der Waals surface area (Å²) < 4.78 is 61.8. The fourth-order valence-electron chi connectivity index (χ4n) is 3.05. The van der Waals surface area contributed by atoms with Gasteiger partial charge in [-0.05, 0) is 45.9 Å². The maximum absolute atomic E-state index is 14.4. The molecule has 1 aliphatic carbocycles. The van der Waals surface area contributed by atoms with E-state index in [0.29, 0.717) is 11.1 Å². The molecule has 3 aromatic rings. The predicted molar refractivity (Wildman–Crippen MR) is 118 cm³/mol. The van der Waals surface area contributed by atoms with Crippen LogP contribution in [0.4, 0.5) is 18.0 Å². The van der Waals surface area contributed by atoms with Crippen molar-refractivity contribution in [2.75, 3.05) is 13.2 Å².